The Morgan fingerprint density at radius 2 is 1.61 bits per heavy atom. The fourth-order valence-electron chi connectivity index (χ4n) is 2.49. The molecule has 2 heterocycles. The van der Waals surface area contributed by atoms with Crippen LogP contribution in [0.25, 0.3) is 32.6 Å². The molecule has 2 aromatic carbocycles. The van der Waals surface area contributed by atoms with E-state index in [2.05, 4.69) is 15.0 Å². The summed E-state index contributed by atoms with van der Waals surface area (Å²) in [7, 11) is 0. The molecule has 0 radical (unpaired) electrons. The lowest BCUT2D eigenvalue weighted by molar-refractivity contribution is 1.22. The molecule has 2 aromatic heterocycles. The first kappa shape index (κ1) is 9.35. The fraction of sp³-hybridized carbons (Fsp3) is 0. The summed E-state index contributed by atoms with van der Waals surface area (Å²) in [4.78, 5) is 33.2. The Labute approximate surface area is 99.4 Å². The molecule has 0 atom stereocenters. The van der Waals surface area contributed by atoms with E-state index in [1.54, 1.807) is 24.5 Å². The van der Waals surface area contributed by atoms with Crippen molar-refractivity contribution in [2.24, 2.45) is 0 Å². The number of nitrogens with one attached hydrogen (secondary N) is 2. The third-order valence-electron chi connectivity index (χ3n) is 3.28. The Bertz CT molecular complexity index is 939. The smallest absolute Gasteiger partial charge is 0.258 e. The molecule has 0 saturated heterocycles. The van der Waals surface area contributed by atoms with Crippen molar-refractivity contribution in [3.63, 3.8) is 0 Å². The number of pyridine rings is 1. The van der Waals surface area contributed by atoms with E-state index < -0.39 is 0 Å². The predicted octanol–water partition coefficient (Wildman–Crippen LogP) is 1.36. The van der Waals surface area contributed by atoms with Gasteiger partial charge in [-0.25, -0.2) is 4.98 Å². The molecule has 0 amide bonds. The lowest BCUT2D eigenvalue weighted by atomic mass is 10.0. The molecular weight excluding hydrogens is 230 g/mol. The number of rotatable bonds is 0. The van der Waals surface area contributed by atoms with Gasteiger partial charge in [0.05, 0.1) is 11.8 Å². The number of nitrogens with zero attached hydrogens (tertiary/aromatic N) is 1. The molecular formula is C13H7N3O2. The molecule has 0 aliphatic carbocycles. The molecule has 0 bridgehead atoms. The van der Waals surface area contributed by atoms with Crippen LogP contribution in [0.3, 0.4) is 0 Å². The van der Waals surface area contributed by atoms with E-state index in [-0.39, 0.29) is 11.1 Å². The number of H-pyrrole nitrogens is 2. The van der Waals surface area contributed by atoms with Crippen molar-refractivity contribution >= 4 is 32.6 Å². The van der Waals surface area contributed by atoms with Crippen LogP contribution in [0.4, 0.5) is 0 Å². The number of hydrogen-bond acceptors (Lipinski definition) is 3. The first-order valence-corrected chi connectivity index (χ1v) is 5.50. The van der Waals surface area contributed by atoms with Gasteiger partial charge in [-0.05, 0) is 24.3 Å². The third kappa shape index (κ3) is 0.982. The topological polar surface area (TPSA) is 78.6 Å². The van der Waals surface area contributed by atoms with Gasteiger partial charge in [-0.15, -0.1) is 0 Å². The van der Waals surface area contributed by atoms with Crippen LogP contribution in [0.5, 0.6) is 0 Å². The van der Waals surface area contributed by atoms with Gasteiger partial charge in [0.25, 0.3) is 11.1 Å². The monoisotopic (exact) mass is 237 g/mol. The maximum atomic E-state index is 11.8. The maximum absolute atomic E-state index is 11.8. The SMILES string of the molecule is O=c1[nH]c(=O)c2ccc3[nH]cnc4ccc1c2c43. The Kier molecular flexibility index (Phi) is 1.53. The average molecular weight is 237 g/mol. The lowest BCUT2D eigenvalue weighted by Gasteiger charge is -2.07. The van der Waals surface area contributed by atoms with Crippen LogP contribution in [0.2, 0.25) is 0 Å². The second-order valence-electron chi connectivity index (χ2n) is 4.23. The second kappa shape index (κ2) is 2.95. The van der Waals surface area contributed by atoms with Crippen molar-refractivity contribution in [1.29, 1.82) is 0 Å². The molecule has 18 heavy (non-hydrogen) atoms. The summed E-state index contributed by atoms with van der Waals surface area (Å²) >= 11 is 0. The lowest BCUT2D eigenvalue weighted by Crippen LogP contribution is -2.19. The molecule has 5 nitrogen and oxygen atoms in total. The molecule has 4 aromatic rings. The van der Waals surface area contributed by atoms with Crippen molar-refractivity contribution in [2.75, 3.05) is 0 Å². The summed E-state index contributed by atoms with van der Waals surface area (Å²) in [6.07, 6.45) is 1.60. The Morgan fingerprint density at radius 3 is 2.39 bits per heavy atom. The number of benzene rings is 2. The molecule has 2 N–H and O–H groups in total. The van der Waals surface area contributed by atoms with Crippen molar-refractivity contribution in [2.45, 2.75) is 0 Å². The fourth-order valence-corrected chi connectivity index (χ4v) is 2.49. The van der Waals surface area contributed by atoms with Crippen LogP contribution in [0.1, 0.15) is 0 Å². The molecule has 86 valence electrons. The molecule has 0 aliphatic heterocycles. The van der Waals surface area contributed by atoms with Crippen LogP contribution in [0.15, 0.2) is 40.2 Å². The van der Waals surface area contributed by atoms with Gasteiger partial charge in [0.15, 0.2) is 0 Å². The van der Waals surface area contributed by atoms with E-state index >= 15 is 0 Å². The number of aromatic amines is 2. The van der Waals surface area contributed by atoms with Gasteiger partial charge in [-0.3, -0.25) is 14.6 Å². The highest BCUT2D eigenvalue weighted by atomic mass is 16.2. The molecule has 0 aliphatic rings. The largest absolute Gasteiger partial charge is 0.346 e. The van der Waals surface area contributed by atoms with Crippen molar-refractivity contribution < 1.29 is 0 Å². The standard InChI is InChI=1S/C13H7N3O2/c17-12-6-1-3-8-11-9(15-5-14-8)4-2-7(10(6)11)13(18)16-12/h1-5H,(H,14,15)(H,16,17,18). The van der Waals surface area contributed by atoms with Gasteiger partial charge in [-0.1, -0.05) is 0 Å². The summed E-state index contributed by atoms with van der Waals surface area (Å²) in [5.41, 5.74) is 0.923. The molecule has 0 spiro atoms. The third-order valence-corrected chi connectivity index (χ3v) is 3.28. The predicted molar refractivity (Wildman–Crippen MR) is 69.2 cm³/mol. The van der Waals surface area contributed by atoms with E-state index in [4.69, 9.17) is 0 Å². The maximum Gasteiger partial charge on any atom is 0.258 e. The van der Waals surface area contributed by atoms with Crippen molar-refractivity contribution in [3.05, 3.63) is 51.3 Å². The first-order valence-electron chi connectivity index (χ1n) is 5.50. The molecule has 5 heteroatoms. The molecule has 0 fully saturated rings. The number of hydrogen-bond donors (Lipinski definition) is 2. The molecule has 0 saturated carbocycles. The van der Waals surface area contributed by atoms with Crippen LogP contribution >= 0.6 is 0 Å². The minimum atomic E-state index is -0.356. The van der Waals surface area contributed by atoms with E-state index in [9.17, 15) is 9.59 Å². The highest BCUT2D eigenvalue weighted by Gasteiger charge is 2.12. The van der Waals surface area contributed by atoms with Gasteiger partial charge in [0, 0.05) is 27.1 Å². The highest BCUT2D eigenvalue weighted by molar-refractivity contribution is 6.20. The Balaban J connectivity index is 2.57. The zero-order chi connectivity index (χ0) is 12.3. The summed E-state index contributed by atoms with van der Waals surface area (Å²) in [6, 6.07) is 7.04. The normalized spacial score (nSPS) is 11.8. The van der Waals surface area contributed by atoms with Gasteiger partial charge in [-0.2, -0.15) is 0 Å². The zero-order valence-corrected chi connectivity index (χ0v) is 9.15. The van der Waals surface area contributed by atoms with Crippen LogP contribution in [0, 0.1) is 0 Å². The van der Waals surface area contributed by atoms with E-state index in [1.807, 2.05) is 6.07 Å². The van der Waals surface area contributed by atoms with Crippen molar-refractivity contribution in [3.8, 4) is 0 Å². The minimum Gasteiger partial charge on any atom is -0.346 e. The highest BCUT2D eigenvalue weighted by Crippen LogP contribution is 2.28. The van der Waals surface area contributed by atoms with Gasteiger partial charge in [0.1, 0.15) is 0 Å². The van der Waals surface area contributed by atoms with Crippen LogP contribution < -0.4 is 11.1 Å². The van der Waals surface area contributed by atoms with Crippen LogP contribution in [-0.4, -0.2) is 15.0 Å². The molecule has 4 rings (SSSR count). The average Bonchev–Trinajstić information content (AvgIpc) is 2.38. The summed E-state index contributed by atoms with van der Waals surface area (Å²) < 4.78 is 0. The van der Waals surface area contributed by atoms with E-state index in [0.717, 1.165) is 16.4 Å². The van der Waals surface area contributed by atoms with Crippen LogP contribution in [-0.2, 0) is 0 Å². The summed E-state index contributed by atoms with van der Waals surface area (Å²) in [6.45, 7) is 0. The number of aromatic nitrogens is 3. The zero-order valence-electron chi connectivity index (χ0n) is 9.15. The van der Waals surface area contributed by atoms with E-state index in [0.29, 0.717) is 16.2 Å². The second-order valence-corrected chi connectivity index (χ2v) is 4.23. The first-order chi connectivity index (χ1) is 8.75. The van der Waals surface area contributed by atoms with Gasteiger partial charge >= 0.3 is 0 Å². The summed E-state index contributed by atoms with van der Waals surface area (Å²) in [5.74, 6) is 0. The quantitative estimate of drug-likeness (QED) is 0.453. The minimum absolute atomic E-state index is 0.356. The Hall–Kier alpha value is -2.69. The summed E-state index contributed by atoms with van der Waals surface area (Å²) in [5, 5.41) is 2.55. The van der Waals surface area contributed by atoms with Gasteiger partial charge < -0.3 is 4.98 Å². The Morgan fingerprint density at radius 1 is 0.889 bits per heavy atom. The molecule has 0 unspecified atom stereocenters. The van der Waals surface area contributed by atoms with Gasteiger partial charge in [0.2, 0.25) is 0 Å². The van der Waals surface area contributed by atoms with Crippen molar-refractivity contribution in [1.82, 2.24) is 15.0 Å². The van der Waals surface area contributed by atoms with E-state index in [1.165, 1.54) is 0 Å².